The van der Waals surface area contributed by atoms with Crippen molar-refractivity contribution in [2.45, 2.75) is 33.1 Å². The number of nitrogens with zero attached hydrogens (tertiary/aromatic N) is 1. The molecule has 19 heavy (non-hydrogen) atoms. The molecule has 0 radical (unpaired) electrons. The number of hydrogen-bond donors (Lipinski definition) is 2. The van der Waals surface area contributed by atoms with Crippen LogP contribution < -0.4 is 10.5 Å². The fraction of sp³-hybridized carbons (Fsp3) is 0.400. The standard InChI is InChI=1S/C15H21N3O/c1-9-6-13(19-5)11(15(2,3)4)7-10(9)12-8-17-14(16)18-12/h6-8H,1-5H3,(H3,16,17,18). The van der Waals surface area contributed by atoms with Crippen LogP contribution in [0, 0.1) is 6.92 Å². The van der Waals surface area contributed by atoms with Crippen molar-refractivity contribution in [3.8, 4) is 17.0 Å². The van der Waals surface area contributed by atoms with Crippen LogP contribution in [0.1, 0.15) is 31.9 Å². The molecule has 0 aliphatic rings. The van der Waals surface area contributed by atoms with Crippen molar-refractivity contribution in [3.63, 3.8) is 0 Å². The number of aromatic amines is 1. The number of imidazole rings is 1. The maximum atomic E-state index is 5.65. The molecule has 0 bridgehead atoms. The summed E-state index contributed by atoms with van der Waals surface area (Å²) in [5.74, 6) is 1.35. The predicted octanol–water partition coefficient (Wildman–Crippen LogP) is 3.27. The first-order valence-corrected chi connectivity index (χ1v) is 6.33. The number of ether oxygens (including phenoxy) is 1. The van der Waals surface area contributed by atoms with E-state index in [0.717, 1.165) is 22.6 Å². The molecule has 0 unspecified atom stereocenters. The molecule has 4 heteroatoms. The molecule has 2 aromatic rings. The van der Waals surface area contributed by atoms with Crippen LogP contribution in [0.15, 0.2) is 18.3 Å². The van der Waals surface area contributed by atoms with Gasteiger partial charge in [-0.1, -0.05) is 20.8 Å². The highest BCUT2D eigenvalue weighted by molar-refractivity contribution is 5.67. The van der Waals surface area contributed by atoms with E-state index in [0.29, 0.717) is 5.95 Å². The van der Waals surface area contributed by atoms with Gasteiger partial charge in [-0.15, -0.1) is 0 Å². The van der Waals surface area contributed by atoms with Crippen molar-refractivity contribution < 1.29 is 4.74 Å². The van der Waals surface area contributed by atoms with Gasteiger partial charge in [0.1, 0.15) is 5.75 Å². The Hall–Kier alpha value is -1.97. The lowest BCUT2D eigenvalue weighted by molar-refractivity contribution is 0.397. The summed E-state index contributed by atoms with van der Waals surface area (Å²) in [6.07, 6.45) is 1.76. The molecule has 0 fully saturated rings. The van der Waals surface area contributed by atoms with Gasteiger partial charge in [-0.05, 0) is 30.0 Å². The zero-order chi connectivity index (χ0) is 14.2. The Kier molecular flexibility index (Phi) is 3.27. The largest absolute Gasteiger partial charge is 0.496 e. The Morgan fingerprint density at radius 1 is 1.26 bits per heavy atom. The van der Waals surface area contributed by atoms with Gasteiger partial charge in [0, 0.05) is 11.1 Å². The minimum Gasteiger partial charge on any atom is -0.496 e. The van der Waals surface area contributed by atoms with Crippen molar-refractivity contribution in [2.24, 2.45) is 0 Å². The highest BCUT2D eigenvalue weighted by Gasteiger charge is 2.21. The van der Waals surface area contributed by atoms with E-state index in [1.807, 2.05) is 0 Å². The molecule has 0 amide bonds. The molecule has 3 N–H and O–H groups in total. The van der Waals surface area contributed by atoms with Gasteiger partial charge < -0.3 is 15.5 Å². The zero-order valence-electron chi connectivity index (χ0n) is 12.2. The van der Waals surface area contributed by atoms with Gasteiger partial charge >= 0.3 is 0 Å². The van der Waals surface area contributed by atoms with Crippen LogP contribution in [0.2, 0.25) is 0 Å². The van der Waals surface area contributed by atoms with E-state index in [-0.39, 0.29) is 5.41 Å². The van der Waals surface area contributed by atoms with Crippen LogP contribution in [0.4, 0.5) is 5.95 Å². The topological polar surface area (TPSA) is 63.9 Å². The quantitative estimate of drug-likeness (QED) is 0.870. The third-order valence-corrected chi connectivity index (χ3v) is 3.24. The Morgan fingerprint density at radius 2 is 1.95 bits per heavy atom. The third-order valence-electron chi connectivity index (χ3n) is 3.24. The van der Waals surface area contributed by atoms with Crippen molar-refractivity contribution in [1.29, 1.82) is 0 Å². The van der Waals surface area contributed by atoms with Crippen molar-refractivity contribution >= 4 is 5.95 Å². The lowest BCUT2D eigenvalue weighted by Gasteiger charge is -2.23. The fourth-order valence-corrected chi connectivity index (χ4v) is 2.20. The molecule has 0 saturated heterocycles. The molecule has 0 aliphatic heterocycles. The lowest BCUT2D eigenvalue weighted by Crippen LogP contribution is -2.13. The molecule has 102 valence electrons. The predicted molar refractivity (Wildman–Crippen MR) is 78.4 cm³/mol. The Labute approximate surface area is 114 Å². The van der Waals surface area contributed by atoms with Crippen molar-refractivity contribution in [1.82, 2.24) is 9.97 Å². The average Bonchev–Trinajstić information content (AvgIpc) is 2.73. The van der Waals surface area contributed by atoms with Gasteiger partial charge in [0.15, 0.2) is 5.95 Å². The molecule has 1 heterocycles. The summed E-state index contributed by atoms with van der Waals surface area (Å²) in [6.45, 7) is 8.57. The van der Waals surface area contributed by atoms with E-state index in [4.69, 9.17) is 10.5 Å². The van der Waals surface area contributed by atoms with Crippen LogP contribution >= 0.6 is 0 Å². The normalized spacial score (nSPS) is 11.6. The van der Waals surface area contributed by atoms with Crippen LogP contribution in [0.3, 0.4) is 0 Å². The number of anilines is 1. The van der Waals surface area contributed by atoms with E-state index >= 15 is 0 Å². The summed E-state index contributed by atoms with van der Waals surface area (Å²) in [5.41, 5.74) is 10.0. The number of H-pyrrole nitrogens is 1. The van der Waals surface area contributed by atoms with Crippen LogP contribution in [0.25, 0.3) is 11.3 Å². The smallest absolute Gasteiger partial charge is 0.197 e. The lowest BCUT2D eigenvalue weighted by atomic mass is 9.84. The summed E-state index contributed by atoms with van der Waals surface area (Å²) in [5, 5.41) is 0. The Balaban J connectivity index is 2.63. The fourth-order valence-electron chi connectivity index (χ4n) is 2.20. The molecule has 2 rings (SSSR count). The number of aryl methyl sites for hydroxylation is 1. The van der Waals surface area contributed by atoms with E-state index in [2.05, 4.69) is 49.8 Å². The molecular weight excluding hydrogens is 238 g/mol. The minimum absolute atomic E-state index is 0.0133. The Bertz CT molecular complexity index is 594. The highest BCUT2D eigenvalue weighted by Crippen LogP contribution is 2.36. The zero-order valence-corrected chi connectivity index (χ0v) is 12.2. The number of hydrogen-bond acceptors (Lipinski definition) is 3. The van der Waals surface area contributed by atoms with Gasteiger partial charge in [-0.2, -0.15) is 0 Å². The van der Waals surface area contributed by atoms with Gasteiger partial charge in [0.2, 0.25) is 0 Å². The second-order valence-electron chi connectivity index (χ2n) is 5.80. The van der Waals surface area contributed by atoms with Crippen LogP contribution in [0.5, 0.6) is 5.75 Å². The van der Waals surface area contributed by atoms with Gasteiger partial charge in [-0.25, -0.2) is 4.98 Å². The van der Waals surface area contributed by atoms with Crippen LogP contribution in [-0.4, -0.2) is 17.1 Å². The molecule has 0 aliphatic carbocycles. The molecule has 1 aromatic heterocycles. The molecule has 0 saturated carbocycles. The maximum absolute atomic E-state index is 5.65. The number of nitrogen functional groups attached to an aromatic ring is 1. The first kappa shape index (κ1) is 13.5. The molecule has 0 atom stereocenters. The first-order chi connectivity index (χ1) is 8.82. The van der Waals surface area contributed by atoms with Gasteiger partial charge in [-0.3, -0.25) is 0 Å². The van der Waals surface area contributed by atoms with E-state index in [1.54, 1.807) is 13.3 Å². The van der Waals surface area contributed by atoms with E-state index in [9.17, 15) is 0 Å². The summed E-state index contributed by atoms with van der Waals surface area (Å²) >= 11 is 0. The molecule has 4 nitrogen and oxygen atoms in total. The number of nitrogens with two attached hydrogens (primary N) is 1. The molecular formula is C15H21N3O. The SMILES string of the molecule is COc1cc(C)c(-c2cnc(N)[nH]2)cc1C(C)(C)C. The minimum atomic E-state index is 0.0133. The summed E-state index contributed by atoms with van der Waals surface area (Å²) in [4.78, 5) is 7.13. The van der Waals surface area contributed by atoms with Gasteiger partial charge in [0.05, 0.1) is 19.0 Å². The van der Waals surface area contributed by atoms with Crippen LogP contribution in [-0.2, 0) is 5.41 Å². The second-order valence-corrected chi connectivity index (χ2v) is 5.80. The van der Waals surface area contributed by atoms with Crippen molar-refractivity contribution in [3.05, 3.63) is 29.5 Å². The number of nitrogens with one attached hydrogen (secondary N) is 1. The number of benzene rings is 1. The average molecular weight is 259 g/mol. The van der Waals surface area contributed by atoms with Gasteiger partial charge in [0.25, 0.3) is 0 Å². The first-order valence-electron chi connectivity index (χ1n) is 6.33. The number of methoxy groups -OCH3 is 1. The number of aromatic nitrogens is 2. The van der Waals surface area contributed by atoms with E-state index < -0.39 is 0 Å². The molecule has 1 aromatic carbocycles. The van der Waals surface area contributed by atoms with Crippen molar-refractivity contribution in [2.75, 3.05) is 12.8 Å². The monoisotopic (exact) mass is 259 g/mol. The van der Waals surface area contributed by atoms with E-state index in [1.165, 1.54) is 5.56 Å². The number of rotatable bonds is 2. The second kappa shape index (κ2) is 4.61. The highest BCUT2D eigenvalue weighted by atomic mass is 16.5. The molecule has 0 spiro atoms. The third kappa shape index (κ3) is 2.57. The summed E-state index contributed by atoms with van der Waals surface area (Å²) in [6, 6.07) is 4.22. The summed E-state index contributed by atoms with van der Waals surface area (Å²) in [7, 11) is 1.71. The summed E-state index contributed by atoms with van der Waals surface area (Å²) < 4.78 is 5.50. The Morgan fingerprint density at radius 3 is 2.42 bits per heavy atom. The maximum Gasteiger partial charge on any atom is 0.197 e.